The van der Waals surface area contributed by atoms with Crippen molar-refractivity contribution < 1.29 is 9.00 Å². The van der Waals surface area contributed by atoms with Crippen molar-refractivity contribution in [3.05, 3.63) is 0 Å². The monoisotopic (exact) mass is 220 g/mol. The molecule has 0 rings (SSSR count). The van der Waals surface area contributed by atoms with Gasteiger partial charge in [0.1, 0.15) is 0 Å². The van der Waals surface area contributed by atoms with Gasteiger partial charge in [0, 0.05) is 34.8 Å². The molecule has 0 saturated heterocycles. The maximum absolute atomic E-state index is 11.3. The third kappa shape index (κ3) is 8.19. The van der Waals surface area contributed by atoms with E-state index in [-0.39, 0.29) is 11.9 Å². The minimum atomic E-state index is -0.896. The summed E-state index contributed by atoms with van der Waals surface area (Å²) in [5, 5.41) is 2.76. The number of hydrogen-bond donors (Lipinski definition) is 2. The maximum atomic E-state index is 11.3. The molecule has 0 heterocycles. The van der Waals surface area contributed by atoms with Crippen molar-refractivity contribution in [1.82, 2.24) is 5.32 Å². The Labute approximate surface area is 88.1 Å². The molecule has 0 radical (unpaired) electrons. The Morgan fingerprint density at radius 3 is 2.57 bits per heavy atom. The lowest BCUT2D eigenvalue weighted by atomic mass is 10.3. The summed E-state index contributed by atoms with van der Waals surface area (Å²) >= 11 is 0. The zero-order valence-corrected chi connectivity index (χ0v) is 9.73. The lowest BCUT2D eigenvalue weighted by molar-refractivity contribution is -0.121. The van der Waals surface area contributed by atoms with Gasteiger partial charge in [-0.2, -0.15) is 0 Å². The van der Waals surface area contributed by atoms with Gasteiger partial charge in [-0.3, -0.25) is 9.00 Å². The molecule has 0 aromatic heterocycles. The molecule has 0 aromatic rings. The minimum Gasteiger partial charge on any atom is -0.354 e. The topological polar surface area (TPSA) is 72.2 Å². The molecule has 0 fully saturated rings. The third-order valence-electron chi connectivity index (χ3n) is 1.58. The van der Waals surface area contributed by atoms with Gasteiger partial charge in [0.05, 0.1) is 0 Å². The van der Waals surface area contributed by atoms with Crippen LogP contribution in [0, 0.1) is 0 Å². The fourth-order valence-electron chi connectivity index (χ4n) is 0.947. The standard InChI is InChI=1S/C9H20N2O2S/c1-8(2)11-9(12)4-7-14(13)6-3-5-10/h8H,3-7,10H2,1-2H3,(H,11,12). The predicted molar refractivity (Wildman–Crippen MR) is 59.4 cm³/mol. The quantitative estimate of drug-likeness (QED) is 0.634. The Morgan fingerprint density at radius 2 is 2.07 bits per heavy atom. The molecule has 0 aromatic carbocycles. The van der Waals surface area contributed by atoms with Gasteiger partial charge in [-0.25, -0.2) is 0 Å². The Balaban J connectivity index is 3.51. The Kier molecular flexibility index (Phi) is 7.70. The lowest BCUT2D eigenvalue weighted by Gasteiger charge is -2.07. The highest BCUT2D eigenvalue weighted by Gasteiger charge is 2.05. The van der Waals surface area contributed by atoms with Crippen LogP contribution in [0.3, 0.4) is 0 Å². The van der Waals surface area contributed by atoms with Crippen LogP contribution in [0.4, 0.5) is 0 Å². The van der Waals surface area contributed by atoms with Crippen molar-refractivity contribution in [2.75, 3.05) is 18.1 Å². The second kappa shape index (κ2) is 7.94. The number of nitrogens with two attached hydrogens (primary N) is 1. The zero-order chi connectivity index (χ0) is 11.0. The van der Waals surface area contributed by atoms with E-state index >= 15 is 0 Å². The van der Waals surface area contributed by atoms with Gasteiger partial charge in [-0.1, -0.05) is 0 Å². The Bertz CT molecular complexity index is 195. The second-order valence-electron chi connectivity index (χ2n) is 3.46. The van der Waals surface area contributed by atoms with Crippen LogP contribution in [0.25, 0.3) is 0 Å². The molecule has 0 aliphatic rings. The summed E-state index contributed by atoms with van der Waals surface area (Å²) in [6, 6.07) is 0.153. The highest BCUT2D eigenvalue weighted by atomic mass is 32.2. The molecule has 0 aliphatic heterocycles. The van der Waals surface area contributed by atoms with E-state index in [0.29, 0.717) is 24.5 Å². The van der Waals surface area contributed by atoms with Crippen LogP contribution in [0.5, 0.6) is 0 Å². The van der Waals surface area contributed by atoms with Crippen molar-refractivity contribution in [3.8, 4) is 0 Å². The molecule has 14 heavy (non-hydrogen) atoms. The average molecular weight is 220 g/mol. The molecular formula is C9H20N2O2S. The summed E-state index contributed by atoms with van der Waals surface area (Å²) in [7, 11) is -0.896. The summed E-state index contributed by atoms with van der Waals surface area (Å²) in [6.45, 7) is 4.37. The number of amides is 1. The molecule has 1 atom stereocenters. The smallest absolute Gasteiger partial charge is 0.221 e. The molecule has 0 aliphatic carbocycles. The van der Waals surface area contributed by atoms with E-state index in [9.17, 15) is 9.00 Å². The van der Waals surface area contributed by atoms with Gasteiger partial charge >= 0.3 is 0 Å². The van der Waals surface area contributed by atoms with E-state index in [2.05, 4.69) is 5.32 Å². The maximum Gasteiger partial charge on any atom is 0.221 e. The normalized spacial score (nSPS) is 12.9. The minimum absolute atomic E-state index is 0.0268. The van der Waals surface area contributed by atoms with Crippen LogP contribution < -0.4 is 11.1 Å². The van der Waals surface area contributed by atoms with Crippen LogP contribution >= 0.6 is 0 Å². The third-order valence-corrected chi connectivity index (χ3v) is 2.99. The van der Waals surface area contributed by atoms with Crippen molar-refractivity contribution in [2.45, 2.75) is 32.7 Å². The molecule has 0 bridgehead atoms. The Morgan fingerprint density at radius 1 is 1.43 bits per heavy atom. The van der Waals surface area contributed by atoms with Crippen LogP contribution in [-0.2, 0) is 15.6 Å². The van der Waals surface area contributed by atoms with Crippen LogP contribution in [0.1, 0.15) is 26.7 Å². The predicted octanol–water partition coefficient (Wildman–Crippen LogP) is -0.00140. The highest BCUT2D eigenvalue weighted by Crippen LogP contribution is 1.91. The fourth-order valence-corrected chi connectivity index (χ4v) is 2.05. The number of rotatable bonds is 7. The fraction of sp³-hybridized carbons (Fsp3) is 0.889. The van der Waals surface area contributed by atoms with Gasteiger partial charge < -0.3 is 11.1 Å². The van der Waals surface area contributed by atoms with Crippen molar-refractivity contribution >= 4 is 16.7 Å². The Hall–Kier alpha value is -0.420. The number of carbonyl (C=O) groups is 1. The van der Waals surface area contributed by atoms with E-state index in [1.165, 1.54) is 0 Å². The zero-order valence-electron chi connectivity index (χ0n) is 8.91. The number of hydrogen-bond acceptors (Lipinski definition) is 3. The molecule has 5 heteroatoms. The van der Waals surface area contributed by atoms with E-state index < -0.39 is 10.8 Å². The first kappa shape index (κ1) is 13.6. The van der Waals surface area contributed by atoms with E-state index in [4.69, 9.17) is 5.73 Å². The van der Waals surface area contributed by atoms with Crippen LogP contribution in [0.2, 0.25) is 0 Å². The second-order valence-corrected chi connectivity index (χ2v) is 5.16. The molecular weight excluding hydrogens is 200 g/mol. The molecule has 4 nitrogen and oxygen atoms in total. The summed E-state index contributed by atoms with van der Waals surface area (Å²) in [5.41, 5.74) is 5.28. The number of carbonyl (C=O) groups excluding carboxylic acids is 1. The van der Waals surface area contributed by atoms with Crippen LogP contribution in [-0.4, -0.2) is 34.2 Å². The first-order chi connectivity index (χ1) is 6.56. The van der Waals surface area contributed by atoms with Crippen LogP contribution in [0.15, 0.2) is 0 Å². The summed E-state index contributed by atoms with van der Waals surface area (Å²) in [4.78, 5) is 11.2. The van der Waals surface area contributed by atoms with Gasteiger partial charge in [0.25, 0.3) is 0 Å². The van der Waals surface area contributed by atoms with E-state index in [1.807, 2.05) is 13.8 Å². The molecule has 1 amide bonds. The molecule has 3 N–H and O–H groups in total. The summed E-state index contributed by atoms with van der Waals surface area (Å²) in [6.07, 6.45) is 1.10. The summed E-state index contributed by atoms with van der Waals surface area (Å²) in [5.74, 6) is 1.02. The van der Waals surface area contributed by atoms with Crippen molar-refractivity contribution in [1.29, 1.82) is 0 Å². The SMILES string of the molecule is CC(C)NC(=O)CCS(=O)CCCN. The highest BCUT2D eigenvalue weighted by molar-refractivity contribution is 7.84. The van der Waals surface area contributed by atoms with E-state index in [1.54, 1.807) is 0 Å². The molecule has 0 spiro atoms. The lowest BCUT2D eigenvalue weighted by Crippen LogP contribution is -2.31. The first-order valence-electron chi connectivity index (χ1n) is 4.90. The molecule has 1 unspecified atom stereocenters. The van der Waals surface area contributed by atoms with Crippen molar-refractivity contribution in [2.24, 2.45) is 5.73 Å². The van der Waals surface area contributed by atoms with Gasteiger partial charge in [0.2, 0.25) is 5.91 Å². The van der Waals surface area contributed by atoms with Gasteiger partial charge in [0.15, 0.2) is 0 Å². The first-order valence-corrected chi connectivity index (χ1v) is 6.39. The average Bonchev–Trinajstić information content (AvgIpc) is 2.10. The molecule has 0 saturated carbocycles. The van der Waals surface area contributed by atoms with Gasteiger partial charge in [-0.05, 0) is 26.8 Å². The summed E-state index contributed by atoms with van der Waals surface area (Å²) < 4.78 is 11.3. The molecule has 84 valence electrons. The van der Waals surface area contributed by atoms with E-state index in [0.717, 1.165) is 6.42 Å². The van der Waals surface area contributed by atoms with Gasteiger partial charge in [-0.15, -0.1) is 0 Å². The largest absolute Gasteiger partial charge is 0.354 e. The van der Waals surface area contributed by atoms with Crippen molar-refractivity contribution in [3.63, 3.8) is 0 Å². The number of nitrogens with one attached hydrogen (secondary N) is 1.